The number of benzene rings is 4. The van der Waals surface area contributed by atoms with Crippen LogP contribution in [0.15, 0.2) is 150 Å². The monoisotopic (exact) mass is 634 g/mol. The maximum absolute atomic E-state index is 5.41. The van der Waals surface area contributed by atoms with Gasteiger partial charge >= 0.3 is 0 Å². The summed E-state index contributed by atoms with van der Waals surface area (Å²) in [6, 6.07) is 37.6. The van der Waals surface area contributed by atoms with E-state index in [9.17, 15) is 0 Å². The van der Waals surface area contributed by atoms with Crippen molar-refractivity contribution in [2.45, 2.75) is 31.2 Å². The van der Waals surface area contributed by atoms with Gasteiger partial charge in [0.1, 0.15) is 6.04 Å². The summed E-state index contributed by atoms with van der Waals surface area (Å²) in [4.78, 5) is 10.7. The number of thiophene rings is 1. The molecule has 0 saturated heterocycles. The summed E-state index contributed by atoms with van der Waals surface area (Å²) < 4.78 is 2.67. The Balaban J connectivity index is 0.974. The highest BCUT2D eigenvalue weighted by atomic mass is 32.1. The third-order valence-electron chi connectivity index (χ3n) is 11.1. The van der Waals surface area contributed by atoms with Crippen molar-refractivity contribution in [1.82, 2.24) is 4.98 Å². The van der Waals surface area contributed by atoms with E-state index >= 15 is 0 Å². The molecule has 6 aromatic rings. The van der Waals surface area contributed by atoms with Gasteiger partial charge < -0.3 is 0 Å². The van der Waals surface area contributed by atoms with Gasteiger partial charge in [0.05, 0.1) is 17.1 Å². The largest absolute Gasteiger partial charge is 0.274 e. The summed E-state index contributed by atoms with van der Waals surface area (Å²) in [5, 5.41) is 2.66. The number of hydrogen-bond donors (Lipinski definition) is 0. The highest BCUT2D eigenvalue weighted by molar-refractivity contribution is 7.26. The second-order valence-electron chi connectivity index (χ2n) is 14.1. The molecule has 0 saturated carbocycles. The molecular formula is C45H34N2S. The number of hydrogen-bond acceptors (Lipinski definition) is 3. The SMILES string of the molecule is CC1(C)c2ccccc2C2C=CC(C3=NC4c5nc(-c6ccc(-c7cccc8c7sc7ccccc78)cc6)ccc5C=CC4C=C3)=CC21. The van der Waals surface area contributed by atoms with E-state index in [1.54, 1.807) is 0 Å². The maximum atomic E-state index is 5.41. The molecule has 2 aromatic heterocycles. The van der Waals surface area contributed by atoms with Gasteiger partial charge in [0.15, 0.2) is 0 Å². The van der Waals surface area contributed by atoms with Crippen LogP contribution in [0.3, 0.4) is 0 Å². The van der Waals surface area contributed by atoms with E-state index in [0.29, 0.717) is 11.8 Å². The van der Waals surface area contributed by atoms with Crippen LogP contribution in [-0.4, -0.2) is 10.7 Å². The van der Waals surface area contributed by atoms with E-state index in [1.165, 1.54) is 48.0 Å². The van der Waals surface area contributed by atoms with Crippen molar-refractivity contribution >= 4 is 43.3 Å². The Hall–Kier alpha value is -5.12. The summed E-state index contributed by atoms with van der Waals surface area (Å²) in [7, 11) is 0. The summed E-state index contributed by atoms with van der Waals surface area (Å²) in [5.74, 6) is 1.05. The third-order valence-corrected chi connectivity index (χ3v) is 12.3. The van der Waals surface area contributed by atoms with Gasteiger partial charge in [-0.05, 0) is 62.9 Å². The summed E-state index contributed by atoms with van der Waals surface area (Å²) in [5.41, 5.74) is 12.1. The molecule has 4 aliphatic rings. The van der Waals surface area contributed by atoms with E-state index in [2.05, 4.69) is 160 Å². The van der Waals surface area contributed by atoms with Gasteiger partial charge in [0, 0.05) is 37.6 Å². The molecule has 0 radical (unpaired) electrons. The molecule has 4 unspecified atom stereocenters. The van der Waals surface area contributed by atoms with Gasteiger partial charge in [-0.1, -0.05) is 141 Å². The number of nitrogens with zero attached hydrogens (tertiary/aromatic N) is 2. The maximum Gasteiger partial charge on any atom is 0.103 e. The van der Waals surface area contributed by atoms with Gasteiger partial charge in [-0.15, -0.1) is 11.3 Å². The Bertz CT molecular complexity index is 2450. The van der Waals surface area contributed by atoms with Crippen LogP contribution in [-0.2, 0) is 5.41 Å². The third kappa shape index (κ3) is 4.17. The minimum Gasteiger partial charge on any atom is -0.274 e. The number of aliphatic imine (C=N–C) groups is 1. The topological polar surface area (TPSA) is 25.2 Å². The number of pyridine rings is 1. The van der Waals surface area contributed by atoms with Crippen LogP contribution in [0.25, 0.3) is 48.6 Å². The van der Waals surface area contributed by atoms with Gasteiger partial charge in [-0.2, -0.15) is 0 Å². The highest BCUT2D eigenvalue weighted by Gasteiger charge is 2.45. The molecule has 0 N–H and O–H groups in total. The standard InChI is InChI=1S/C45H34N2S/c1-45(2)37-12-5-3-8-33(37)34-23-20-31(26-38(34)45)40-25-22-30-19-18-29-21-24-39(46-42(29)43(30)47-40)28-16-14-27(15-17-28)32-10-7-11-36-35-9-4-6-13-41(35)48-44(32)36/h3-26,30,34,38,43H,1-2H3. The van der Waals surface area contributed by atoms with E-state index in [4.69, 9.17) is 9.98 Å². The van der Waals surface area contributed by atoms with Crippen molar-refractivity contribution in [3.05, 3.63) is 168 Å². The number of allylic oxidation sites excluding steroid dienone is 5. The first-order valence-corrected chi connectivity index (χ1v) is 17.8. The first-order valence-electron chi connectivity index (χ1n) is 17.0. The van der Waals surface area contributed by atoms with Crippen molar-refractivity contribution in [3.8, 4) is 22.4 Å². The fourth-order valence-electron chi connectivity index (χ4n) is 8.56. The van der Waals surface area contributed by atoms with Gasteiger partial charge in [-0.25, -0.2) is 4.98 Å². The van der Waals surface area contributed by atoms with E-state index < -0.39 is 0 Å². The lowest BCUT2D eigenvalue weighted by atomic mass is 9.73. The predicted molar refractivity (Wildman–Crippen MR) is 203 cm³/mol. The lowest BCUT2D eigenvalue weighted by molar-refractivity contribution is 0.393. The van der Waals surface area contributed by atoms with Gasteiger partial charge in [-0.3, -0.25) is 4.99 Å². The fourth-order valence-corrected chi connectivity index (χ4v) is 9.80. The molecule has 1 aliphatic heterocycles. The zero-order valence-electron chi connectivity index (χ0n) is 27.0. The van der Waals surface area contributed by atoms with Crippen LogP contribution in [0.5, 0.6) is 0 Å². The first-order chi connectivity index (χ1) is 23.5. The molecule has 3 heteroatoms. The molecule has 3 heterocycles. The summed E-state index contributed by atoms with van der Waals surface area (Å²) >= 11 is 1.88. The van der Waals surface area contributed by atoms with Gasteiger partial charge in [0.2, 0.25) is 0 Å². The lowest BCUT2D eigenvalue weighted by Crippen LogP contribution is -2.26. The molecular weight excluding hydrogens is 601 g/mol. The minimum atomic E-state index is -0.0319. The summed E-state index contributed by atoms with van der Waals surface area (Å²) in [6.45, 7) is 4.78. The van der Waals surface area contributed by atoms with Crippen molar-refractivity contribution in [2.75, 3.05) is 0 Å². The lowest BCUT2D eigenvalue weighted by Gasteiger charge is -2.32. The molecule has 4 atom stereocenters. The molecule has 48 heavy (non-hydrogen) atoms. The Morgan fingerprint density at radius 1 is 0.688 bits per heavy atom. The minimum absolute atomic E-state index is 0.0319. The number of dihydropyridines is 1. The highest BCUT2D eigenvalue weighted by Crippen LogP contribution is 2.53. The number of fused-ring (bicyclic) bond motifs is 9. The van der Waals surface area contributed by atoms with E-state index in [-0.39, 0.29) is 17.4 Å². The molecule has 2 nitrogen and oxygen atoms in total. The molecule has 0 bridgehead atoms. The number of rotatable bonds is 3. The van der Waals surface area contributed by atoms with E-state index in [1.807, 2.05) is 11.3 Å². The Morgan fingerprint density at radius 2 is 1.48 bits per heavy atom. The average Bonchev–Trinajstić information content (AvgIpc) is 3.63. The molecule has 0 amide bonds. The average molecular weight is 635 g/mol. The normalized spacial score (nSPS) is 23.0. The molecule has 10 rings (SSSR count). The molecule has 230 valence electrons. The second-order valence-corrected chi connectivity index (χ2v) is 15.2. The molecule has 0 spiro atoms. The Labute approximate surface area is 285 Å². The van der Waals surface area contributed by atoms with Crippen molar-refractivity contribution in [3.63, 3.8) is 0 Å². The van der Waals surface area contributed by atoms with Crippen LogP contribution in [0.4, 0.5) is 0 Å². The zero-order chi connectivity index (χ0) is 32.0. The van der Waals surface area contributed by atoms with Crippen molar-refractivity contribution in [2.24, 2.45) is 16.8 Å². The fraction of sp³-hybridized carbons (Fsp3) is 0.156. The second kappa shape index (κ2) is 10.4. The summed E-state index contributed by atoms with van der Waals surface area (Å²) in [6.07, 6.45) is 16.2. The van der Waals surface area contributed by atoms with Crippen molar-refractivity contribution in [1.29, 1.82) is 0 Å². The van der Waals surface area contributed by atoms with Crippen LogP contribution in [0.2, 0.25) is 0 Å². The van der Waals surface area contributed by atoms with Crippen LogP contribution in [0.1, 0.15) is 48.2 Å². The molecule has 4 aromatic carbocycles. The predicted octanol–water partition coefficient (Wildman–Crippen LogP) is 11.7. The number of aromatic nitrogens is 1. The van der Waals surface area contributed by atoms with Crippen LogP contribution in [0, 0.1) is 11.8 Å². The first kappa shape index (κ1) is 27.9. The Morgan fingerprint density at radius 3 is 2.40 bits per heavy atom. The van der Waals surface area contributed by atoms with Crippen molar-refractivity contribution < 1.29 is 0 Å². The zero-order valence-corrected chi connectivity index (χ0v) is 27.8. The van der Waals surface area contributed by atoms with Crippen LogP contribution >= 0.6 is 11.3 Å². The smallest absolute Gasteiger partial charge is 0.103 e. The molecule has 0 fully saturated rings. The Kier molecular flexibility index (Phi) is 6.08. The van der Waals surface area contributed by atoms with E-state index in [0.717, 1.165) is 28.2 Å². The molecule has 3 aliphatic carbocycles. The van der Waals surface area contributed by atoms with Crippen LogP contribution < -0.4 is 0 Å². The van der Waals surface area contributed by atoms with Gasteiger partial charge in [0.25, 0.3) is 0 Å². The quantitative estimate of drug-likeness (QED) is 0.190.